The molecule has 0 radical (unpaired) electrons. The third-order valence-electron chi connectivity index (χ3n) is 4.36. The molecule has 1 aromatic rings. The Labute approximate surface area is 119 Å². The summed E-state index contributed by atoms with van der Waals surface area (Å²) in [5.41, 5.74) is 2.61. The number of aryl methyl sites for hydroxylation is 1. The van der Waals surface area contributed by atoms with Gasteiger partial charge in [-0.1, -0.05) is 12.2 Å². The number of nitrogens with one attached hydrogen (secondary N) is 1. The lowest BCUT2D eigenvalue weighted by atomic mass is 10.2. The maximum absolute atomic E-state index is 5.47. The molecule has 2 aliphatic rings. The van der Waals surface area contributed by atoms with Crippen LogP contribution < -0.4 is 0 Å². The van der Waals surface area contributed by atoms with Crippen LogP contribution in [-0.4, -0.2) is 53.5 Å². The zero-order chi connectivity index (χ0) is 13.4. The Morgan fingerprint density at radius 1 is 1.21 bits per heavy atom. The fourth-order valence-electron chi connectivity index (χ4n) is 3.20. The van der Waals surface area contributed by atoms with Crippen molar-refractivity contribution in [2.24, 2.45) is 0 Å². The molecule has 19 heavy (non-hydrogen) atoms. The van der Waals surface area contributed by atoms with E-state index in [4.69, 9.17) is 12.2 Å². The van der Waals surface area contributed by atoms with Crippen LogP contribution in [0.4, 0.5) is 0 Å². The Kier molecular flexibility index (Phi) is 3.69. The topological polar surface area (TPSA) is 35.2 Å². The van der Waals surface area contributed by atoms with Crippen LogP contribution in [0.15, 0.2) is 0 Å². The van der Waals surface area contributed by atoms with E-state index in [1.54, 1.807) is 0 Å². The predicted octanol–water partition coefficient (Wildman–Crippen LogP) is 1.94. The van der Waals surface area contributed by atoms with Gasteiger partial charge >= 0.3 is 0 Å². The van der Waals surface area contributed by atoms with E-state index in [1.165, 1.54) is 24.1 Å². The molecule has 0 saturated carbocycles. The minimum atomic E-state index is 0.333. The number of likely N-dealkylation sites (N-methyl/N-ethyl adjacent to an activating group) is 2. The minimum Gasteiger partial charge on any atom is -0.345 e. The minimum absolute atomic E-state index is 0.333. The van der Waals surface area contributed by atoms with Crippen molar-refractivity contribution in [3.8, 4) is 0 Å². The van der Waals surface area contributed by atoms with Crippen LogP contribution in [0.25, 0.3) is 0 Å². The van der Waals surface area contributed by atoms with Gasteiger partial charge < -0.3 is 9.88 Å². The van der Waals surface area contributed by atoms with Crippen molar-refractivity contribution < 1.29 is 0 Å². The van der Waals surface area contributed by atoms with Gasteiger partial charge in [-0.2, -0.15) is 0 Å². The highest BCUT2D eigenvalue weighted by atomic mass is 32.1. The number of H-pyrrole nitrogens is 1. The molecule has 2 heterocycles. The average Bonchev–Trinajstić information content (AvgIpc) is 2.77. The fourth-order valence-corrected chi connectivity index (χ4v) is 3.53. The van der Waals surface area contributed by atoms with Gasteiger partial charge in [-0.25, -0.2) is 4.98 Å². The average molecular weight is 278 g/mol. The molecule has 4 nitrogen and oxygen atoms in total. The first-order valence-corrected chi connectivity index (χ1v) is 7.56. The Morgan fingerprint density at radius 3 is 2.89 bits per heavy atom. The molecule has 1 unspecified atom stereocenters. The summed E-state index contributed by atoms with van der Waals surface area (Å²) in [6.45, 7) is 3.30. The summed E-state index contributed by atoms with van der Waals surface area (Å²) in [7, 11) is 4.38. The third-order valence-corrected chi connectivity index (χ3v) is 4.70. The fraction of sp³-hybridized carbons (Fsp3) is 0.714. The van der Waals surface area contributed by atoms with E-state index < -0.39 is 0 Å². The summed E-state index contributed by atoms with van der Waals surface area (Å²) in [6, 6.07) is 0.333. The number of aromatic nitrogens is 2. The second-order valence-electron chi connectivity index (χ2n) is 5.85. The zero-order valence-electron chi connectivity index (χ0n) is 11.8. The molecule has 5 heteroatoms. The number of hydrogen-bond acceptors (Lipinski definition) is 4. The molecule has 0 amide bonds. The van der Waals surface area contributed by atoms with Crippen molar-refractivity contribution in [1.29, 1.82) is 0 Å². The van der Waals surface area contributed by atoms with Gasteiger partial charge in [0.2, 0.25) is 0 Å². The summed E-state index contributed by atoms with van der Waals surface area (Å²) in [5, 5.41) is 0. The smallest absolute Gasteiger partial charge is 0.133 e. The number of rotatable bonds is 1. The first-order chi connectivity index (χ1) is 9.15. The predicted molar refractivity (Wildman–Crippen MR) is 78.9 cm³/mol. The first kappa shape index (κ1) is 13.2. The molecule has 0 spiro atoms. The number of nitrogens with zero attached hydrogens (tertiary/aromatic N) is 3. The Bertz CT molecular complexity index is 525. The summed E-state index contributed by atoms with van der Waals surface area (Å²) >= 11 is 5.47. The molecule has 104 valence electrons. The van der Waals surface area contributed by atoms with Gasteiger partial charge in [0.1, 0.15) is 10.5 Å². The quantitative estimate of drug-likeness (QED) is 0.796. The Balaban J connectivity index is 1.96. The molecule has 1 atom stereocenters. The van der Waals surface area contributed by atoms with Crippen LogP contribution in [0.5, 0.6) is 0 Å². The summed E-state index contributed by atoms with van der Waals surface area (Å²) in [6.07, 6.45) is 4.65. The second-order valence-corrected chi connectivity index (χ2v) is 6.24. The van der Waals surface area contributed by atoms with E-state index in [1.807, 2.05) is 0 Å². The molecule has 1 fully saturated rings. The molecular weight excluding hydrogens is 256 g/mol. The number of hydrogen-bond donors (Lipinski definition) is 1. The molecule has 3 rings (SSSR count). The van der Waals surface area contributed by atoms with Gasteiger partial charge in [-0.15, -0.1) is 0 Å². The molecule has 1 aromatic heterocycles. The van der Waals surface area contributed by atoms with E-state index in [0.717, 1.165) is 42.9 Å². The molecule has 0 bridgehead atoms. The van der Waals surface area contributed by atoms with Crippen molar-refractivity contribution in [2.75, 3.05) is 33.7 Å². The molecule has 1 N–H and O–H groups in total. The maximum atomic E-state index is 5.47. The van der Waals surface area contributed by atoms with E-state index in [9.17, 15) is 0 Å². The highest BCUT2D eigenvalue weighted by Crippen LogP contribution is 2.25. The summed E-state index contributed by atoms with van der Waals surface area (Å²) in [4.78, 5) is 13.0. The maximum Gasteiger partial charge on any atom is 0.133 e. The SMILES string of the molecule is CN1CCCN(C)C(c2nc(=S)c3c([nH]2)CCC3)C1. The molecule has 0 aromatic carbocycles. The third kappa shape index (κ3) is 2.59. The summed E-state index contributed by atoms with van der Waals surface area (Å²) < 4.78 is 0.821. The number of fused-ring (bicyclic) bond motifs is 1. The van der Waals surface area contributed by atoms with E-state index >= 15 is 0 Å². The van der Waals surface area contributed by atoms with Crippen molar-refractivity contribution in [3.05, 3.63) is 21.7 Å². The van der Waals surface area contributed by atoms with Gasteiger partial charge in [0, 0.05) is 17.8 Å². The highest BCUT2D eigenvalue weighted by Gasteiger charge is 2.25. The van der Waals surface area contributed by atoms with Crippen LogP contribution in [0.2, 0.25) is 0 Å². The standard InChI is InChI=1S/C14H22N4S/c1-17-7-4-8-18(2)12(9-17)13-15-11-6-3-5-10(11)14(19)16-13/h12H,3-9H2,1-2H3,(H,15,16,19). The van der Waals surface area contributed by atoms with Gasteiger partial charge in [-0.3, -0.25) is 4.90 Å². The molecule has 1 aliphatic heterocycles. The lowest BCUT2D eigenvalue weighted by Gasteiger charge is -2.27. The van der Waals surface area contributed by atoms with Gasteiger partial charge in [0.15, 0.2) is 0 Å². The van der Waals surface area contributed by atoms with Crippen LogP contribution in [0.3, 0.4) is 0 Å². The van der Waals surface area contributed by atoms with E-state index in [-0.39, 0.29) is 0 Å². The molecule has 1 aliphatic carbocycles. The van der Waals surface area contributed by atoms with Crippen molar-refractivity contribution in [1.82, 2.24) is 19.8 Å². The van der Waals surface area contributed by atoms with Gasteiger partial charge in [0.25, 0.3) is 0 Å². The van der Waals surface area contributed by atoms with Gasteiger partial charge in [-0.05, 0) is 52.9 Å². The first-order valence-electron chi connectivity index (χ1n) is 7.16. The van der Waals surface area contributed by atoms with E-state index in [2.05, 4.69) is 33.9 Å². The second kappa shape index (κ2) is 5.31. The highest BCUT2D eigenvalue weighted by molar-refractivity contribution is 7.71. The van der Waals surface area contributed by atoms with E-state index in [0.29, 0.717) is 6.04 Å². The normalized spacial score (nSPS) is 25.3. The molecular formula is C14H22N4S. The summed E-state index contributed by atoms with van der Waals surface area (Å²) in [5.74, 6) is 1.06. The van der Waals surface area contributed by atoms with Crippen molar-refractivity contribution in [2.45, 2.75) is 31.7 Å². The number of aromatic amines is 1. The van der Waals surface area contributed by atoms with Crippen LogP contribution in [-0.2, 0) is 12.8 Å². The lowest BCUT2D eigenvalue weighted by molar-refractivity contribution is 0.219. The van der Waals surface area contributed by atoms with Crippen molar-refractivity contribution >= 4 is 12.2 Å². The van der Waals surface area contributed by atoms with Crippen LogP contribution in [0, 0.1) is 4.64 Å². The monoisotopic (exact) mass is 278 g/mol. The zero-order valence-corrected chi connectivity index (χ0v) is 12.6. The van der Waals surface area contributed by atoms with Crippen LogP contribution >= 0.6 is 12.2 Å². The Hall–Kier alpha value is -0.780. The Morgan fingerprint density at radius 2 is 2.05 bits per heavy atom. The van der Waals surface area contributed by atoms with Crippen molar-refractivity contribution in [3.63, 3.8) is 0 Å². The lowest BCUT2D eigenvalue weighted by Crippen LogP contribution is -2.32. The molecule has 1 saturated heterocycles. The van der Waals surface area contributed by atoms with Crippen LogP contribution in [0.1, 0.15) is 36.0 Å². The van der Waals surface area contributed by atoms with Gasteiger partial charge in [0.05, 0.1) is 6.04 Å². The largest absolute Gasteiger partial charge is 0.345 e.